The number of unbranched alkanes of at least 4 members (excludes halogenated alkanes) is 24. The second kappa shape index (κ2) is 49.5. The van der Waals surface area contributed by atoms with Crippen molar-refractivity contribution in [1.82, 2.24) is 0 Å². The molecule has 61 heavy (non-hydrogen) atoms. The summed E-state index contributed by atoms with van der Waals surface area (Å²) in [6.45, 7) is 6.36. The first-order valence-electron chi connectivity index (χ1n) is 25.5. The van der Waals surface area contributed by atoms with Crippen LogP contribution in [0.2, 0.25) is 0 Å². The van der Waals surface area contributed by atoms with Crippen molar-refractivity contribution in [2.24, 2.45) is 0 Å². The van der Waals surface area contributed by atoms with E-state index < -0.39 is 6.10 Å². The number of ether oxygens (including phenoxy) is 3. The van der Waals surface area contributed by atoms with Crippen molar-refractivity contribution in [3.63, 3.8) is 0 Å². The molecule has 0 N–H and O–H groups in total. The lowest BCUT2D eigenvalue weighted by Crippen LogP contribution is -2.30. The highest BCUT2D eigenvalue weighted by molar-refractivity contribution is 5.71. The van der Waals surface area contributed by atoms with Gasteiger partial charge in [-0.25, -0.2) is 0 Å². The highest BCUT2D eigenvalue weighted by atomic mass is 16.6. The van der Waals surface area contributed by atoms with Gasteiger partial charge in [0.05, 0.1) is 0 Å². The van der Waals surface area contributed by atoms with Crippen LogP contribution < -0.4 is 0 Å². The maximum absolute atomic E-state index is 12.8. The molecule has 1 atom stereocenters. The third-order valence-corrected chi connectivity index (χ3v) is 10.7. The average molecular weight is 851 g/mol. The van der Waals surface area contributed by atoms with Crippen molar-refractivity contribution in [3.05, 3.63) is 72.9 Å². The number of carbonyl (C=O) groups is 3. The van der Waals surface area contributed by atoms with Gasteiger partial charge in [0.2, 0.25) is 0 Å². The first-order chi connectivity index (χ1) is 30.0. The fraction of sp³-hybridized carbons (Fsp3) is 0.727. The number of carbonyl (C=O) groups excluding carboxylic acids is 3. The van der Waals surface area contributed by atoms with E-state index in [0.29, 0.717) is 19.3 Å². The lowest BCUT2D eigenvalue weighted by molar-refractivity contribution is -0.167. The third kappa shape index (κ3) is 47.7. The summed E-state index contributed by atoms with van der Waals surface area (Å²) in [6, 6.07) is 0. The number of hydrogen-bond acceptors (Lipinski definition) is 6. The van der Waals surface area contributed by atoms with Crippen LogP contribution in [0.4, 0.5) is 0 Å². The van der Waals surface area contributed by atoms with Crippen molar-refractivity contribution >= 4 is 17.9 Å². The first kappa shape index (κ1) is 57.9. The van der Waals surface area contributed by atoms with E-state index in [2.05, 4.69) is 93.7 Å². The zero-order chi connectivity index (χ0) is 44.4. The van der Waals surface area contributed by atoms with Crippen molar-refractivity contribution in [3.8, 4) is 0 Å². The minimum absolute atomic E-state index is 0.0931. The molecule has 0 aliphatic rings. The lowest BCUT2D eigenvalue weighted by Gasteiger charge is -2.18. The normalized spacial score (nSPS) is 12.6. The third-order valence-electron chi connectivity index (χ3n) is 10.7. The van der Waals surface area contributed by atoms with E-state index >= 15 is 0 Å². The van der Waals surface area contributed by atoms with Crippen molar-refractivity contribution in [1.29, 1.82) is 0 Å². The summed E-state index contributed by atoms with van der Waals surface area (Å²) in [5.41, 5.74) is 0. The van der Waals surface area contributed by atoms with Crippen LogP contribution in [0.5, 0.6) is 0 Å². The van der Waals surface area contributed by atoms with Gasteiger partial charge in [0.1, 0.15) is 13.2 Å². The molecule has 0 aromatic rings. The van der Waals surface area contributed by atoms with Gasteiger partial charge in [0.25, 0.3) is 0 Å². The Labute approximate surface area is 376 Å². The van der Waals surface area contributed by atoms with Crippen LogP contribution in [-0.2, 0) is 28.6 Å². The molecule has 0 aromatic carbocycles. The molecule has 0 radical (unpaired) electrons. The summed E-state index contributed by atoms with van der Waals surface area (Å²) in [7, 11) is 0. The van der Waals surface area contributed by atoms with Gasteiger partial charge < -0.3 is 14.2 Å². The Hall–Kier alpha value is -3.15. The summed E-state index contributed by atoms with van der Waals surface area (Å²) in [6.07, 6.45) is 61.8. The molecule has 0 rings (SSSR count). The molecule has 0 aliphatic heterocycles. The summed E-state index contributed by atoms with van der Waals surface area (Å²) >= 11 is 0. The monoisotopic (exact) mass is 851 g/mol. The second-order valence-electron chi connectivity index (χ2n) is 16.7. The standard InChI is InChI=1S/C55H94O6/c1-4-7-10-13-16-19-22-25-26-27-28-29-31-33-36-39-42-45-48-54(57)60-51-52(50-59-53(56)47-44-41-38-35-32-24-21-18-15-12-9-6-3)61-55(58)49-46-43-40-37-34-30-23-20-17-14-11-8-5-2/h8-9,11-12,14,17-18,20-21,23,28-29,52H,4-7,10,13,15-16,19,22,24-27,30-51H2,1-3H3/b11-8-,12-9-,17-14-,21-18-,23-20-,29-28-. The van der Waals surface area contributed by atoms with Crippen LogP contribution in [0.1, 0.15) is 239 Å². The van der Waals surface area contributed by atoms with E-state index in [0.717, 1.165) is 122 Å². The number of esters is 3. The maximum atomic E-state index is 12.8. The molecule has 6 heteroatoms. The van der Waals surface area contributed by atoms with E-state index in [4.69, 9.17) is 14.2 Å². The molecule has 0 heterocycles. The SMILES string of the molecule is CC\C=C/C=C\C=C/CCCCCCCC(=O)OC(COC(=O)CCCCCCC/C=C\C/C=C\CC)COC(=O)CCCCCCC/C=C\CCCCCCCCCCC. The largest absolute Gasteiger partial charge is 0.462 e. The quantitative estimate of drug-likeness (QED) is 0.0200. The second-order valence-corrected chi connectivity index (χ2v) is 16.7. The van der Waals surface area contributed by atoms with Crippen molar-refractivity contribution in [2.75, 3.05) is 13.2 Å². The Bertz CT molecular complexity index is 1160. The molecule has 0 spiro atoms. The lowest BCUT2D eigenvalue weighted by atomic mass is 10.1. The molecule has 0 aliphatic carbocycles. The van der Waals surface area contributed by atoms with Gasteiger partial charge in [0.15, 0.2) is 6.10 Å². The smallest absolute Gasteiger partial charge is 0.306 e. The van der Waals surface area contributed by atoms with Crippen LogP contribution in [0, 0.1) is 0 Å². The zero-order valence-electron chi connectivity index (χ0n) is 39.9. The van der Waals surface area contributed by atoms with Crippen LogP contribution in [0.15, 0.2) is 72.9 Å². The number of rotatable bonds is 45. The van der Waals surface area contributed by atoms with Crippen LogP contribution >= 0.6 is 0 Å². The highest BCUT2D eigenvalue weighted by Gasteiger charge is 2.19. The minimum atomic E-state index is -0.794. The first-order valence-corrected chi connectivity index (χ1v) is 25.5. The molecule has 0 fully saturated rings. The van der Waals surface area contributed by atoms with Gasteiger partial charge >= 0.3 is 17.9 Å². The molecule has 6 nitrogen and oxygen atoms in total. The minimum Gasteiger partial charge on any atom is -0.462 e. The fourth-order valence-corrected chi connectivity index (χ4v) is 6.94. The summed E-state index contributed by atoms with van der Waals surface area (Å²) in [5.74, 6) is -0.937. The van der Waals surface area contributed by atoms with Gasteiger partial charge in [0, 0.05) is 19.3 Å². The molecule has 0 amide bonds. The molecule has 350 valence electrons. The number of allylic oxidation sites excluding steroid dienone is 12. The average Bonchev–Trinajstić information content (AvgIpc) is 3.26. The van der Waals surface area contributed by atoms with E-state index in [1.165, 1.54) is 77.0 Å². The molecule has 1 unspecified atom stereocenters. The van der Waals surface area contributed by atoms with Gasteiger partial charge in [-0.2, -0.15) is 0 Å². The predicted octanol–water partition coefficient (Wildman–Crippen LogP) is 16.6. The molecular weight excluding hydrogens is 757 g/mol. The molecule has 0 aromatic heterocycles. The Morgan fingerprint density at radius 1 is 0.361 bits per heavy atom. The molecule has 0 bridgehead atoms. The highest BCUT2D eigenvalue weighted by Crippen LogP contribution is 2.14. The topological polar surface area (TPSA) is 78.9 Å². The van der Waals surface area contributed by atoms with Crippen LogP contribution in [-0.4, -0.2) is 37.2 Å². The summed E-state index contributed by atoms with van der Waals surface area (Å²) in [4.78, 5) is 37.9. The van der Waals surface area contributed by atoms with Crippen molar-refractivity contribution in [2.45, 2.75) is 245 Å². The van der Waals surface area contributed by atoms with Gasteiger partial charge in [-0.15, -0.1) is 0 Å². The zero-order valence-corrected chi connectivity index (χ0v) is 39.9. The van der Waals surface area contributed by atoms with Crippen LogP contribution in [0.25, 0.3) is 0 Å². The Balaban J connectivity index is 4.39. The van der Waals surface area contributed by atoms with Crippen molar-refractivity contribution < 1.29 is 28.6 Å². The molecule has 0 saturated carbocycles. The Kier molecular flexibility index (Phi) is 46.9. The predicted molar refractivity (Wildman–Crippen MR) is 261 cm³/mol. The Morgan fingerprint density at radius 3 is 1.18 bits per heavy atom. The molecule has 0 saturated heterocycles. The van der Waals surface area contributed by atoms with Crippen LogP contribution in [0.3, 0.4) is 0 Å². The van der Waals surface area contributed by atoms with E-state index in [1.54, 1.807) is 0 Å². The van der Waals surface area contributed by atoms with E-state index in [-0.39, 0.29) is 31.1 Å². The summed E-state index contributed by atoms with van der Waals surface area (Å²) in [5, 5.41) is 0. The fourth-order valence-electron chi connectivity index (χ4n) is 6.94. The van der Waals surface area contributed by atoms with Gasteiger partial charge in [-0.05, 0) is 89.9 Å². The summed E-state index contributed by atoms with van der Waals surface area (Å²) < 4.78 is 16.7. The van der Waals surface area contributed by atoms with Gasteiger partial charge in [-0.3, -0.25) is 14.4 Å². The number of hydrogen-bond donors (Lipinski definition) is 0. The molecular formula is C55H94O6. The Morgan fingerprint density at radius 2 is 0.721 bits per heavy atom. The van der Waals surface area contributed by atoms with E-state index in [1.807, 2.05) is 0 Å². The van der Waals surface area contributed by atoms with Gasteiger partial charge in [-0.1, -0.05) is 203 Å². The maximum Gasteiger partial charge on any atom is 0.306 e. The van der Waals surface area contributed by atoms with E-state index in [9.17, 15) is 14.4 Å².